The highest BCUT2D eigenvalue weighted by molar-refractivity contribution is 6.11. The molecule has 0 spiro atoms. The van der Waals surface area contributed by atoms with Crippen LogP contribution in [0.25, 0.3) is 67.1 Å². The third kappa shape index (κ3) is 4.15. The molecular weight excluding hydrogens is 577 g/mol. The van der Waals surface area contributed by atoms with Gasteiger partial charge < -0.3 is 0 Å². The molecule has 0 radical (unpaired) electrons. The molecule has 0 amide bonds. The molecule has 0 heterocycles. The Morgan fingerprint density at radius 1 is 0.438 bits per heavy atom. The largest absolute Gasteiger partial charge is 0.0622 e. The first-order valence-corrected chi connectivity index (χ1v) is 17.3. The molecule has 7 aromatic rings. The number of fused-ring (bicyclic) bond motifs is 7. The predicted octanol–water partition coefficient (Wildman–Crippen LogP) is 11.2. The topological polar surface area (TPSA) is 0 Å². The molecule has 0 aliphatic heterocycles. The first-order valence-electron chi connectivity index (χ1n) is 17.3. The Kier molecular flexibility index (Phi) is 6.13. The summed E-state index contributed by atoms with van der Waals surface area (Å²) in [6, 6.07) is 45.2. The number of hydrogen-bond donors (Lipinski definition) is 0. The van der Waals surface area contributed by atoms with Gasteiger partial charge >= 0.3 is 0 Å². The molecule has 0 fully saturated rings. The molecule has 2 aliphatic carbocycles. The second kappa shape index (κ2) is 10.1. The Hall–Kier alpha value is -5.20. The van der Waals surface area contributed by atoms with E-state index in [1.54, 1.807) is 0 Å². The van der Waals surface area contributed by atoms with E-state index >= 15 is 0 Å². The highest BCUT2D eigenvalue weighted by Crippen LogP contribution is 2.48. The van der Waals surface area contributed by atoms with Crippen molar-refractivity contribution in [3.8, 4) is 33.4 Å². The summed E-state index contributed by atoms with van der Waals surface area (Å²) in [5.74, 6) is 0. The molecule has 0 heteroatoms. The molecule has 0 unspecified atom stereocenters. The molecule has 9 rings (SSSR count). The maximum atomic E-state index is 2.54. The van der Waals surface area contributed by atoms with Gasteiger partial charge in [0.05, 0.1) is 0 Å². The van der Waals surface area contributed by atoms with Gasteiger partial charge in [-0.05, 0) is 133 Å². The van der Waals surface area contributed by atoms with Gasteiger partial charge in [0, 0.05) is 0 Å². The van der Waals surface area contributed by atoms with E-state index in [4.69, 9.17) is 0 Å². The molecule has 0 nitrogen and oxygen atoms in total. The zero-order chi connectivity index (χ0) is 32.9. The Morgan fingerprint density at radius 3 is 1.52 bits per heavy atom. The van der Waals surface area contributed by atoms with E-state index < -0.39 is 0 Å². The fourth-order valence-electron chi connectivity index (χ4n) is 8.81. The van der Waals surface area contributed by atoms with Crippen molar-refractivity contribution in [2.45, 2.75) is 52.4 Å². The van der Waals surface area contributed by atoms with Crippen molar-refractivity contribution in [2.75, 3.05) is 0 Å². The summed E-state index contributed by atoms with van der Waals surface area (Å²) < 4.78 is 0. The Morgan fingerprint density at radius 2 is 0.938 bits per heavy atom. The van der Waals surface area contributed by atoms with E-state index in [0.29, 0.717) is 0 Å². The van der Waals surface area contributed by atoms with Crippen LogP contribution in [-0.4, -0.2) is 0 Å². The molecule has 0 saturated heterocycles. The average Bonchev–Trinajstić information content (AvgIpc) is 3.61. The van der Waals surface area contributed by atoms with Gasteiger partial charge in [0.2, 0.25) is 0 Å². The number of rotatable bonds is 2. The van der Waals surface area contributed by atoms with Crippen LogP contribution in [-0.2, 0) is 10.8 Å². The third-order valence-corrected chi connectivity index (χ3v) is 10.5. The second-order valence-electron chi connectivity index (χ2n) is 15.7. The van der Waals surface area contributed by atoms with Crippen molar-refractivity contribution < 1.29 is 0 Å². The van der Waals surface area contributed by atoms with Gasteiger partial charge in [-0.25, -0.2) is 0 Å². The molecular formula is C48H40. The van der Waals surface area contributed by atoms with Gasteiger partial charge in [-0.15, -0.1) is 0 Å². The van der Waals surface area contributed by atoms with E-state index in [2.05, 4.69) is 175 Å². The summed E-state index contributed by atoms with van der Waals surface area (Å²) in [6.45, 7) is 14.2. The van der Waals surface area contributed by atoms with Crippen LogP contribution in [0.1, 0.15) is 63.8 Å². The molecule has 0 aromatic heterocycles. The summed E-state index contributed by atoms with van der Waals surface area (Å²) in [7, 11) is 0. The van der Waals surface area contributed by atoms with Crippen molar-refractivity contribution in [3.63, 3.8) is 0 Å². The maximum Gasteiger partial charge on any atom is -0.00169 e. The zero-order valence-corrected chi connectivity index (χ0v) is 28.7. The smallest absolute Gasteiger partial charge is 0.00169 e. The summed E-state index contributed by atoms with van der Waals surface area (Å²) >= 11 is 0. The van der Waals surface area contributed by atoms with Crippen molar-refractivity contribution in [2.24, 2.45) is 0 Å². The molecule has 232 valence electrons. The van der Waals surface area contributed by atoms with Crippen LogP contribution in [0.2, 0.25) is 0 Å². The Balaban J connectivity index is 1.51. The number of hydrogen-bond acceptors (Lipinski definition) is 0. The van der Waals surface area contributed by atoms with Crippen LogP contribution in [0.4, 0.5) is 0 Å². The zero-order valence-electron chi connectivity index (χ0n) is 28.7. The van der Waals surface area contributed by atoms with Crippen LogP contribution in [0, 0.1) is 10.4 Å². The monoisotopic (exact) mass is 616 g/mol. The lowest BCUT2D eigenvalue weighted by atomic mass is 9.76. The summed E-state index contributed by atoms with van der Waals surface area (Å²) in [5.41, 5.74) is 13.4. The van der Waals surface area contributed by atoms with Gasteiger partial charge in [0.1, 0.15) is 0 Å². The molecule has 48 heavy (non-hydrogen) atoms. The SMILES string of the molecule is CC(C)(C)c1c2c(c(-c3ccccc3)c3ccccc13)-c1cc3c(cc1=C2)C=c1c(C(C)(C)C)c2ccccc2c(-c2ccccc2)c1=3. The van der Waals surface area contributed by atoms with Gasteiger partial charge in [-0.3, -0.25) is 0 Å². The maximum absolute atomic E-state index is 2.54. The minimum absolute atomic E-state index is 0.0279. The predicted molar refractivity (Wildman–Crippen MR) is 206 cm³/mol. The summed E-state index contributed by atoms with van der Waals surface area (Å²) in [4.78, 5) is 0. The molecule has 0 N–H and O–H groups in total. The van der Waals surface area contributed by atoms with Crippen LogP contribution in [0.5, 0.6) is 0 Å². The minimum atomic E-state index is -0.0279. The quantitative estimate of drug-likeness (QED) is 0.181. The first kappa shape index (κ1) is 29.0. The fourth-order valence-corrected chi connectivity index (χ4v) is 8.81. The second-order valence-corrected chi connectivity index (χ2v) is 15.7. The Bertz CT molecular complexity index is 2700. The van der Waals surface area contributed by atoms with Crippen molar-refractivity contribution in [3.05, 3.63) is 164 Å². The fraction of sp³-hybridized carbons (Fsp3) is 0.167. The van der Waals surface area contributed by atoms with Crippen molar-refractivity contribution >= 4 is 33.7 Å². The van der Waals surface area contributed by atoms with Crippen LogP contribution in [0.3, 0.4) is 0 Å². The highest BCUT2D eigenvalue weighted by Gasteiger charge is 2.31. The van der Waals surface area contributed by atoms with Gasteiger partial charge in [-0.2, -0.15) is 0 Å². The molecule has 0 bridgehead atoms. The molecule has 7 aromatic carbocycles. The average molecular weight is 617 g/mol. The van der Waals surface area contributed by atoms with Crippen molar-refractivity contribution in [1.82, 2.24) is 0 Å². The van der Waals surface area contributed by atoms with Crippen LogP contribution in [0.15, 0.2) is 121 Å². The Labute approximate surface area is 283 Å². The van der Waals surface area contributed by atoms with E-state index in [1.165, 1.54) is 98.1 Å². The van der Waals surface area contributed by atoms with E-state index in [9.17, 15) is 0 Å². The molecule has 0 atom stereocenters. The molecule has 2 aliphatic rings. The summed E-state index contributed by atoms with van der Waals surface area (Å²) in [5, 5.41) is 10.7. The van der Waals surface area contributed by atoms with Crippen LogP contribution < -0.4 is 10.4 Å². The number of benzene rings is 7. The standard InChI is InChI=1S/C48H40/c1-47(2,3)45-35-23-15-13-21-33(35)41(29-17-9-7-10-18-29)43-37-28-38-32(25-31(37)26-39(43)45)27-40-44(38)42(30-19-11-8-12-20-30)34-22-14-16-24-36(34)46(40)48(4,5)6/h7-28H,1-6H3. The van der Waals surface area contributed by atoms with Crippen molar-refractivity contribution in [1.29, 1.82) is 0 Å². The van der Waals surface area contributed by atoms with Gasteiger partial charge in [0.15, 0.2) is 0 Å². The first-order chi connectivity index (χ1) is 23.1. The lowest BCUT2D eigenvalue weighted by molar-refractivity contribution is 0.591. The van der Waals surface area contributed by atoms with Crippen LogP contribution >= 0.6 is 0 Å². The van der Waals surface area contributed by atoms with E-state index in [-0.39, 0.29) is 10.8 Å². The lowest BCUT2D eigenvalue weighted by Gasteiger charge is -2.27. The third-order valence-electron chi connectivity index (χ3n) is 10.5. The highest BCUT2D eigenvalue weighted by atomic mass is 14.3. The van der Waals surface area contributed by atoms with Gasteiger partial charge in [-0.1, -0.05) is 151 Å². The minimum Gasteiger partial charge on any atom is -0.0622 e. The summed E-state index contributed by atoms with van der Waals surface area (Å²) in [6.07, 6.45) is 4.97. The normalized spacial score (nSPS) is 13.1. The molecule has 0 saturated carbocycles. The van der Waals surface area contributed by atoms with Gasteiger partial charge in [0.25, 0.3) is 0 Å². The lowest BCUT2D eigenvalue weighted by Crippen LogP contribution is -2.24. The van der Waals surface area contributed by atoms with E-state index in [0.717, 1.165) is 0 Å². The van der Waals surface area contributed by atoms with E-state index in [1.807, 2.05) is 0 Å².